The highest BCUT2D eigenvalue weighted by Crippen LogP contribution is 2.45. The van der Waals surface area contributed by atoms with Crippen molar-refractivity contribution in [2.24, 2.45) is 5.73 Å². The number of nitrogens with zero attached hydrogens (tertiary/aromatic N) is 4. The van der Waals surface area contributed by atoms with Gasteiger partial charge in [0.05, 0.1) is 48.5 Å². The molecule has 42 heavy (non-hydrogen) atoms. The fourth-order valence-corrected chi connectivity index (χ4v) is 5.23. The maximum absolute atomic E-state index is 13.5. The van der Waals surface area contributed by atoms with Gasteiger partial charge in [0.25, 0.3) is 0 Å². The van der Waals surface area contributed by atoms with Crippen molar-refractivity contribution < 1.29 is 35.9 Å². The van der Waals surface area contributed by atoms with Crippen LogP contribution in [0.25, 0.3) is 0 Å². The summed E-state index contributed by atoms with van der Waals surface area (Å²) in [6, 6.07) is 11.7. The van der Waals surface area contributed by atoms with Crippen molar-refractivity contribution in [3.8, 4) is 6.07 Å². The second-order valence-electron chi connectivity index (χ2n) is 10.0. The highest BCUT2D eigenvalue weighted by molar-refractivity contribution is 5.79. The molecule has 1 aliphatic rings. The molecule has 0 spiro atoms. The largest absolute Gasteiger partial charge is 0.416 e. The zero-order valence-corrected chi connectivity index (χ0v) is 22.2. The van der Waals surface area contributed by atoms with Crippen LogP contribution in [0.4, 0.5) is 26.3 Å². The summed E-state index contributed by atoms with van der Waals surface area (Å²) in [6.45, 7) is 0.113. The molecule has 1 amide bonds. The predicted octanol–water partition coefficient (Wildman–Crippen LogP) is 4.08. The first-order valence-corrected chi connectivity index (χ1v) is 12.7. The van der Waals surface area contributed by atoms with Gasteiger partial charge in [-0.15, -0.1) is 0 Å². The summed E-state index contributed by atoms with van der Waals surface area (Å²) in [5, 5.41) is 16.1. The average molecular weight is 597 g/mol. The lowest BCUT2D eigenvalue weighted by Crippen LogP contribution is -2.64. The lowest BCUT2D eigenvalue weighted by molar-refractivity contribution is -0.150. The molecule has 0 saturated carbocycles. The Morgan fingerprint density at radius 2 is 1.74 bits per heavy atom. The van der Waals surface area contributed by atoms with E-state index in [-0.39, 0.29) is 37.6 Å². The van der Waals surface area contributed by atoms with Crippen molar-refractivity contribution >= 4 is 5.91 Å². The lowest BCUT2D eigenvalue weighted by Gasteiger charge is -2.52. The number of ether oxygens (including phenoxy) is 1. The van der Waals surface area contributed by atoms with Crippen molar-refractivity contribution in [2.45, 2.75) is 49.3 Å². The zero-order chi connectivity index (χ0) is 30.9. The van der Waals surface area contributed by atoms with Gasteiger partial charge >= 0.3 is 18.0 Å². The molecule has 3 N–H and O–H groups in total. The maximum atomic E-state index is 13.5. The van der Waals surface area contributed by atoms with Crippen molar-refractivity contribution in [1.29, 1.82) is 5.26 Å². The van der Waals surface area contributed by atoms with Crippen LogP contribution >= 0.6 is 0 Å². The van der Waals surface area contributed by atoms with Crippen LogP contribution in [0.15, 0.2) is 59.7 Å². The Labute approximate surface area is 235 Å². The molecule has 0 aliphatic carbocycles. The second kappa shape index (κ2) is 11.3. The van der Waals surface area contributed by atoms with Crippen molar-refractivity contribution in [2.75, 3.05) is 19.7 Å². The Morgan fingerprint density at radius 3 is 2.24 bits per heavy atom. The number of benzene rings is 2. The van der Waals surface area contributed by atoms with Gasteiger partial charge in [0, 0.05) is 0 Å². The van der Waals surface area contributed by atoms with E-state index in [9.17, 15) is 41.2 Å². The molecular weight excluding hydrogens is 570 g/mol. The molecule has 0 radical (unpaired) electrons. The minimum atomic E-state index is -5.04. The summed E-state index contributed by atoms with van der Waals surface area (Å²) >= 11 is 0. The van der Waals surface area contributed by atoms with Gasteiger partial charge in [0.15, 0.2) is 5.54 Å². The summed E-state index contributed by atoms with van der Waals surface area (Å²) in [6.07, 6.45) is -10.2. The first-order chi connectivity index (χ1) is 19.7. The van der Waals surface area contributed by atoms with Crippen LogP contribution in [0.2, 0.25) is 0 Å². The maximum Gasteiger partial charge on any atom is 0.416 e. The van der Waals surface area contributed by atoms with Gasteiger partial charge < -0.3 is 15.4 Å². The topological polar surface area (TPSA) is 130 Å². The SMILES string of the molecule is C[C@@H](OC[C@@]1(c2ccccc2)CC[C@](C#N)(n2cn[nH]c2=O)CN1C(=O)CN)c1cc(C(F)(F)F)cc(C(F)(F)F)c1. The number of rotatable bonds is 7. The molecule has 2 aromatic carbocycles. The molecule has 3 atom stereocenters. The van der Waals surface area contributed by atoms with E-state index >= 15 is 0 Å². The third-order valence-electron chi connectivity index (χ3n) is 7.55. The number of aromatic amines is 1. The Bertz CT molecular complexity index is 1500. The number of likely N-dealkylation sites (tertiary alicyclic amines) is 1. The highest BCUT2D eigenvalue weighted by Gasteiger charge is 2.52. The smallest absolute Gasteiger partial charge is 0.371 e. The lowest BCUT2D eigenvalue weighted by atomic mass is 9.74. The van der Waals surface area contributed by atoms with Gasteiger partial charge in [-0.2, -0.15) is 36.7 Å². The standard InChI is InChI=1S/C27H26F6N6O3/c1-17(18-9-20(26(28,29)30)11-21(10-18)27(31,32)33)42-15-25(19-5-3-2-4-6-19)8-7-24(13-35,14-38(25)22(40)12-34)39-16-36-37-23(39)41/h2-6,9-11,16-17H,7-8,12,14-15,34H2,1H3,(H,37,41)/t17-,24-,25-/m1/s1. The highest BCUT2D eigenvalue weighted by atomic mass is 19.4. The van der Waals surface area contributed by atoms with Crippen LogP contribution < -0.4 is 11.4 Å². The minimum absolute atomic E-state index is 0.0196. The van der Waals surface area contributed by atoms with Crippen LogP contribution in [0.1, 0.15) is 48.1 Å². The fraction of sp³-hybridized carbons (Fsp3) is 0.407. The fourth-order valence-electron chi connectivity index (χ4n) is 5.23. The van der Waals surface area contributed by atoms with Gasteiger partial charge in [-0.3, -0.25) is 9.36 Å². The summed E-state index contributed by atoms with van der Waals surface area (Å²) in [7, 11) is 0. The average Bonchev–Trinajstić information content (AvgIpc) is 3.41. The number of nitriles is 1. The summed E-state index contributed by atoms with van der Waals surface area (Å²) in [4.78, 5) is 27.0. The van der Waals surface area contributed by atoms with Gasteiger partial charge in [0.2, 0.25) is 5.91 Å². The molecule has 1 fully saturated rings. The number of hydrogen-bond acceptors (Lipinski definition) is 6. The third kappa shape index (κ3) is 5.77. The van der Waals surface area contributed by atoms with E-state index in [0.717, 1.165) is 10.9 Å². The van der Waals surface area contributed by atoms with Gasteiger partial charge in [0.1, 0.15) is 6.33 Å². The first kappa shape index (κ1) is 30.8. The van der Waals surface area contributed by atoms with E-state index < -0.39 is 58.8 Å². The number of carbonyl (C=O) groups excluding carboxylic acids is 1. The van der Waals surface area contributed by atoms with E-state index in [2.05, 4.69) is 16.3 Å². The number of amides is 1. The van der Waals surface area contributed by atoms with Crippen molar-refractivity contribution in [3.63, 3.8) is 0 Å². The molecule has 0 unspecified atom stereocenters. The summed E-state index contributed by atoms with van der Waals surface area (Å²) in [5.74, 6) is -0.621. The minimum Gasteiger partial charge on any atom is -0.371 e. The molecule has 4 rings (SSSR count). The molecular formula is C27H26F6N6O3. The molecule has 9 nitrogen and oxygen atoms in total. The number of carbonyl (C=O) groups is 1. The van der Waals surface area contributed by atoms with Gasteiger partial charge in [-0.05, 0) is 49.1 Å². The van der Waals surface area contributed by atoms with Crippen LogP contribution in [0.5, 0.6) is 0 Å². The molecule has 15 heteroatoms. The van der Waals surface area contributed by atoms with E-state index in [0.29, 0.717) is 17.7 Å². The number of alkyl halides is 6. The second-order valence-corrected chi connectivity index (χ2v) is 10.0. The zero-order valence-electron chi connectivity index (χ0n) is 22.2. The predicted molar refractivity (Wildman–Crippen MR) is 135 cm³/mol. The number of nitrogens with two attached hydrogens (primary N) is 1. The Kier molecular flexibility index (Phi) is 8.25. The molecule has 1 saturated heterocycles. The molecule has 0 bridgehead atoms. The Morgan fingerprint density at radius 1 is 1.12 bits per heavy atom. The summed E-state index contributed by atoms with van der Waals surface area (Å²) in [5.41, 5.74) is -0.640. The molecule has 2 heterocycles. The molecule has 3 aromatic rings. The van der Waals surface area contributed by atoms with Crippen LogP contribution in [-0.4, -0.2) is 45.3 Å². The van der Waals surface area contributed by atoms with E-state index in [1.165, 1.54) is 11.8 Å². The van der Waals surface area contributed by atoms with Crippen LogP contribution in [0.3, 0.4) is 0 Å². The number of H-pyrrole nitrogens is 1. The van der Waals surface area contributed by atoms with Crippen LogP contribution in [0, 0.1) is 11.3 Å². The number of piperidine rings is 1. The van der Waals surface area contributed by atoms with Crippen molar-refractivity contribution in [3.05, 3.63) is 87.6 Å². The Balaban J connectivity index is 1.76. The quantitative estimate of drug-likeness (QED) is 0.396. The normalized spacial score (nSPS) is 22.0. The summed E-state index contributed by atoms with van der Waals surface area (Å²) < 4.78 is 87.8. The first-order valence-electron chi connectivity index (χ1n) is 12.7. The van der Waals surface area contributed by atoms with Crippen LogP contribution in [-0.2, 0) is 33.0 Å². The van der Waals surface area contributed by atoms with Gasteiger partial charge in [-0.25, -0.2) is 9.89 Å². The number of aromatic nitrogens is 3. The number of halogens is 6. The van der Waals surface area contributed by atoms with E-state index in [1.54, 1.807) is 30.3 Å². The Hall–Kier alpha value is -4.16. The third-order valence-corrected chi connectivity index (χ3v) is 7.55. The molecule has 1 aliphatic heterocycles. The van der Waals surface area contributed by atoms with E-state index in [1.807, 2.05) is 0 Å². The van der Waals surface area contributed by atoms with E-state index in [4.69, 9.17) is 10.5 Å². The van der Waals surface area contributed by atoms with Gasteiger partial charge in [-0.1, -0.05) is 30.3 Å². The number of nitrogens with one attached hydrogen (secondary N) is 1. The van der Waals surface area contributed by atoms with Crippen molar-refractivity contribution in [1.82, 2.24) is 19.7 Å². The number of hydrogen-bond donors (Lipinski definition) is 2. The molecule has 1 aromatic heterocycles. The monoisotopic (exact) mass is 596 g/mol. The molecule has 224 valence electrons.